The van der Waals surface area contributed by atoms with Crippen LogP contribution in [0.4, 0.5) is 4.39 Å². The SMILES string of the molecule is C[C@]12CC[C@@H]3c4cccc(F)c4CC[C@H]3[C@@H]1[C@H](CCCCO)CC2O. The summed E-state index contributed by atoms with van der Waals surface area (Å²) >= 11 is 0. The topological polar surface area (TPSA) is 40.5 Å². The van der Waals surface area contributed by atoms with Gasteiger partial charge in [-0.05, 0) is 91.2 Å². The van der Waals surface area contributed by atoms with E-state index in [1.54, 1.807) is 6.07 Å². The molecule has 138 valence electrons. The lowest BCUT2D eigenvalue weighted by Gasteiger charge is -2.51. The molecule has 4 rings (SSSR count). The average molecular weight is 346 g/mol. The van der Waals surface area contributed by atoms with Gasteiger partial charge in [-0.2, -0.15) is 0 Å². The summed E-state index contributed by atoms with van der Waals surface area (Å²) in [6, 6.07) is 5.61. The molecule has 1 aromatic carbocycles. The zero-order valence-electron chi connectivity index (χ0n) is 15.3. The van der Waals surface area contributed by atoms with Crippen molar-refractivity contribution in [1.29, 1.82) is 0 Å². The molecule has 0 aromatic heterocycles. The van der Waals surface area contributed by atoms with Crippen molar-refractivity contribution in [3.63, 3.8) is 0 Å². The van der Waals surface area contributed by atoms with Gasteiger partial charge in [0.1, 0.15) is 5.82 Å². The zero-order valence-corrected chi connectivity index (χ0v) is 15.3. The van der Waals surface area contributed by atoms with E-state index in [-0.39, 0.29) is 23.9 Å². The van der Waals surface area contributed by atoms with Gasteiger partial charge in [0.15, 0.2) is 0 Å². The van der Waals surface area contributed by atoms with Crippen LogP contribution in [0.15, 0.2) is 18.2 Å². The van der Waals surface area contributed by atoms with Crippen LogP contribution in [0.3, 0.4) is 0 Å². The molecule has 0 spiro atoms. The maximum absolute atomic E-state index is 14.3. The van der Waals surface area contributed by atoms with Gasteiger partial charge < -0.3 is 10.2 Å². The predicted molar refractivity (Wildman–Crippen MR) is 96.8 cm³/mol. The Labute approximate surface area is 150 Å². The van der Waals surface area contributed by atoms with Gasteiger partial charge in [-0.3, -0.25) is 0 Å². The molecular weight excluding hydrogens is 315 g/mol. The maximum atomic E-state index is 14.3. The van der Waals surface area contributed by atoms with E-state index in [0.29, 0.717) is 23.7 Å². The second-order valence-corrected chi connectivity index (χ2v) is 8.92. The van der Waals surface area contributed by atoms with Gasteiger partial charge in [0.05, 0.1) is 6.10 Å². The van der Waals surface area contributed by atoms with Crippen molar-refractivity contribution in [2.45, 2.75) is 70.3 Å². The third-order valence-electron chi connectivity index (χ3n) is 7.79. The highest BCUT2D eigenvalue weighted by Crippen LogP contribution is 2.63. The Balaban J connectivity index is 1.64. The third-order valence-corrected chi connectivity index (χ3v) is 7.79. The fourth-order valence-electron chi connectivity index (χ4n) is 6.65. The van der Waals surface area contributed by atoms with Crippen molar-refractivity contribution in [3.8, 4) is 0 Å². The number of aliphatic hydroxyl groups excluding tert-OH is 2. The van der Waals surface area contributed by atoms with E-state index >= 15 is 0 Å². The Kier molecular flexibility index (Phi) is 4.66. The number of benzene rings is 1. The Morgan fingerprint density at radius 2 is 2.08 bits per heavy atom. The number of aliphatic hydroxyl groups is 2. The molecule has 2 fully saturated rings. The largest absolute Gasteiger partial charge is 0.396 e. The molecular formula is C22H31FO2. The second-order valence-electron chi connectivity index (χ2n) is 8.92. The minimum Gasteiger partial charge on any atom is -0.396 e. The molecule has 2 N–H and O–H groups in total. The number of hydrogen-bond donors (Lipinski definition) is 2. The molecule has 25 heavy (non-hydrogen) atoms. The van der Waals surface area contributed by atoms with Crippen LogP contribution in [0, 0.1) is 29.0 Å². The Morgan fingerprint density at radius 1 is 1.24 bits per heavy atom. The fourth-order valence-corrected chi connectivity index (χ4v) is 6.65. The first kappa shape index (κ1) is 17.5. The van der Waals surface area contributed by atoms with Crippen molar-refractivity contribution >= 4 is 0 Å². The molecule has 0 heterocycles. The molecule has 0 amide bonds. The number of rotatable bonds is 4. The minimum absolute atomic E-state index is 0.0237. The molecule has 0 bridgehead atoms. The average Bonchev–Trinajstić information content (AvgIpc) is 2.86. The molecule has 0 saturated heterocycles. The van der Waals surface area contributed by atoms with Gasteiger partial charge in [0.25, 0.3) is 0 Å². The highest BCUT2D eigenvalue weighted by Gasteiger charge is 2.58. The Hall–Kier alpha value is -0.930. The lowest BCUT2D eigenvalue weighted by molar-refractivity contribution is -0.0308. The smallest absolute Gasteiger partial charge is 0.126 e. The number of hydrogen-bond acceptors (Lipinski definition) is 2. The van der Waals surface area contributed by atoms with E-state index in [4.69, 9.17) is 5.11 Å². The van der Waals surface area contributed by atoms with Gasteiger partial charge in [0.2, 0.25) is 0 Å². The molecule has 3 aliphatic rings. The van der Waals surface area contributed by atoms with Crippen LogP contribution in [-0.4, -0.2) is 22.9 Å². The molecule has 2 saturated carbocycles. The summed E-state index contributed by atoms with van der Waals surface area (Å²) in [6.07, 6.45) is 7.74. The monoisotopic (exact) mass is 346 g/mol. The van der Waals surface area contributed by atoms with E-state index in [9.17, 15) is 9.50 Å². The first-order chi connectivity index (χ1) is 12.1. The van der Waals surface area contributed by atoms with Gasteiger partial charge >= 0.3 is 0 Å². The van der Waals surface area contributed by atoms with E-state index in [1.165, 1.54) is 5.56 Å². The molecule has 0 radical (unpaired) electrons. The van der Waals surface area contributed by atoms with Crippen LogP contribution >= 0.6 is 0 Å². The van der Waals surface area contributed by atoms with Crippen LogP contribution in [0.2, 0.25) is 0 Å². The molecule has 1 aromatic rings. The van der Waals surface area contributed by atoms with Gasteiger partial charge in [-0.25, -0.2) is 4.39 Å². The summed E-state index contributed by atoms with van der Waals surface area (Å²) in [5.41, 5.74) is 2.21. The van der Waals surface area contributed by atoms with Crippen LogP contribution < -0.4 is 0 Å². The Bertz CT molecular complexity index is 630. The molecule has 2 nitrogen and oxygen atoms in total. The lowest BCUT2D eigenvalue weighted by Crippen LogP contribution is -2.45. The summed E-state index contributed by atoms with van der Waals surface area (Å²) in [4.78, 5) is 0. The van der Waals surface area contributed by atoms with Crippen LogP contribution in [-0.2, 0) is 6.42 Å². The van der Waals surface area contributed by atoms with Crippen molar-refractivity contribution < 1.29 is 14.6 Å². The van der Waals surface area contributed by atoms with Crippen molar-refractivity contribution in [2.24, 2.45) is 23.2 Å². The lowest BCUT2D eigenvalue weighted by atomic mass is 9.53. The highest BCUT2D eigenvalue weighted by atomic mass is 19.1. The van der Waals surface area contributed by atoms with Crippen molar-refractivity contribution in [2.75, 3.05) is 6.61 Å². The zero-order chi connectivity index (χ0) is 17.6. The van der Waals surface area contributed by atoms with Crippen LogP contribution in [0.25, 0.3) is 0 Å². The third kappa shape index (κ3) is 2.75. The van der Waals surface area contributed by atoms with E-state index in [2.05, 4.69) is 13.0 Å². The molecule has 6 atom stereocenters. The standard InChI is InChI=1S/C22H31FO2/c1-22-11-10-16-15-6-4-7-19(23)17(15)8-9-18(16)21(22)14(13-20(22)25)5-2-3-12-24/h4,6-7,14,16,18,20-21,24-25H,2-3,5,8-13H2,1H3/t14-,16-,18-,20?,21+,22-/m1/s1. The summed E-state index contributed by atoms with van der Waals surface area (Å²) in [5.74, 6) is 2.09. The molecule has 3 aliphatic carbocycles. The normalized spacial score (nSPS) is 39.6. The molecule has 3 heteroatoms. The van der Waals surface area contributed by atoms with E-state index < -0.39 is 0 Å². The Morgan fingerprint density at radius 3 is 2.88 bits per heavy atom. The van der Waals surface area contributed by atoms with E-state index in [0.717, 1.165) is 56.9 Å². The predicted octanol–water partition coefficient (Wildman–Crippen LogP) is 4.43. The number of unbranched alkanes of at least 4 members (excludes halogenated alkanes) is 1. The van der Waals surface area contributed by atoms with Gasteiger partial charge in [-0.15, -0.1) is 0 Å². The van der Waals surface area contributed by atoms with E-state index in [1.807, 2.05) is 6.07 Å². The fraction of sp³-hybridized carbons (Fsp3) is 0.727. The first-order valence-corrected chi connectivity index (χ1v) is 10.1. The van der Waals surface area contributed by atoms with Crippen molar-refractivity contribution in [1.82, 2.24) is 0 Å². The highest BCUT2D eigenvalue weighted by molar-refractivity contribution is 5.36. The molecule has 0 aliphatic heterocycles. The van der Waals surface area contributed by atoms with Crippen LogP contribution in [0.1, 0.15) is 68.9 Å². The van der Waals surface area contributed by atoms with Crippen LogP contribution in [0.5, 0.6) is 0 Å². The summed E-state index contributed by atoms with van der Waals surface area (Å²) in [6.45, 7) is 2.56. The maximum Gasteiger partial charge on any atom is 0.126 e. The number of halogens is 1. The summed E-state index contributed by atoms with van der Waals surface area (Å²) < 4.78 is 14.3. The van der Waals surface area contributed by atoms with Gasteiger partial charge in [0, 0.05) is 6.61 Å². The van der Waals surface area contributed by atoms with Gasteiger partial charge in [-0.1, -0.05) is 25.5 Å². The number of fused-ring (bicyclic) bond motifs is 5. The first-order valence-electron chi connectivity index (χ1n) is 10.1. The quantitative estimate of drug-likeness (QED) is 0.792. The summed E-state index contributed by atoms with van der Waals surface area (Å²) in [7, 11) is 0. The minimum atomic E-state index is -0.202. The summed E-state index contributed by atoms with van der Waals surface area (Å²) in [5, 5.41) is 19.9. The van der Waals surface area contributed by atoms with Crippen molar-refractivity contribution in [3.05, 3.63) is 35.1 Å². The molecule has 1 unspecified atom stereocenters. The second kappa shape index (κ2) is 6.66.